The molecule has 0 aliphatic heterocycles. The van der Waals surface area contributed by atoms with E-state index in [0.29, 0.717) is 11.3 Å². The second kappa shape index (κ2) is 7.36. The molecular weight excluding hydrogens is 362 g/mol. The van der Waals surface area contributed by atoms with Gasteiger partial charge >= 0.3 is 0 Å². The molecule has 140 valence electrons. The van der Waals surface area contributed by atoms with Crippen molar-refractivity contribution in [2.75, 3.05) is 11.6 Å². The van der Waals surface area contributed by atoms with Gasteiger partial charge in [0.1, 0.15) is 0 Å². The monoisotopic (exact) mass is 383 g/mol. The second-order valence-corrected chi connectivity index (χ2v) is 8.65. The average Bonchev–Trinajstić information content (AvgIpc) is 3.10. The van der Waals surface area contributed by atoms with Crippen molar-refractivity contribution in [1.82, 2.24) is 9.78 Å². The molecule has 7 heteroatoms. The molecule has 0 unspecified atom stereocenters. The van der Waals surface area contributed by atoms with Crippen molar-refractivity contribution in [2.24, 2.45) is 0 Å². The smallest absolute Gasteiger partial charge is 0.255 e. The highest BCUT2D eigenvalue weighted by molar-refractivity contribution is 7.90. The number of carbonyl (C=O) groups is 1. The van der Waals surface area contributed by atoms with Gasteiger partial charge in [-0.25, -0.2) is 8.42 Å². The van der Waals surface area contributed by atoms with Crippen molar-refractivity contribution in [1.29, 1.82) is 0 Å². The third-order valence-corrected chi connectivity index (χ3v) is 5.26. The zero-order valence-electron chi connectivity index (χ0n) is 15.4. The lowest BCUT2D eigenvalue weighted by Gasteiger charge is -2.07. The predicted octanol–water partition coefficient (Wildman–Crippen LogP) is 3.79. The standard InChI is InChI=1S/C20H21N3O3S/c1-14(2)23-13-18(12-21-23)22-20(24)17-6-4-5-16(11-17)15-7-9-19(10-8-15)27(3,25)26/h4-14H,1-3H3,(H,22,24). The molecule has 1 N–H and O–H groups in total. The Morgan fingerprint density at radius 1 is 1.07 bits per heavy atom. The maximum absolute atomic E-state index is 12.5. The summed E-state index contributed by atoms with van der Waals surface area (Å²) in [7, 11) is -3.23. The van der Waals surface area contributed by atoms with E-state index in [1.807, 2.05) is 19.9 Å². The predicted molar refractivity (Wildman–Crippen MR) is 106 cm³/mol. The first-order valence-corrected chi connectivity index (χ1v) is 10.4. The van der Waals surface area contributed by atoms with Crippen LogP contribution in [0.1, 0.15) is 30.2 Å². The summed E-state index contributed by atoms with van der Waals surface area (Å²) in [6, 6.07) is 14.0. The van der Waals surface area contributed by atoms with Gasteiger partial charge in [-0.2, -0.15) is 5.10 Å². The number of hydrogen-bond donors (Lipinski definition) is 1. The van der Waals surface area contributed by atoms with Crippen molar-refractivity contribution < 1.29 is 13.2 Å². The Morgan fingerprint density at radius 2 is 1.78 bits per heavy atom. The van der Waals surface area contributed by atoms with Crippen LogP contribution in [0.5, 0.6) is 0 Å². The van der Waals surface area contributed by atoms with Crippen LogP contribution in [0.2, 0.25) is 0 Å². The number of hydrogen-bond acceptors (Lipinski definition) is 4. The lowest BCUT2D eigenvalue weighted by atomic mass is 10.0. The molecule has 0 radical (unpaired) electrons. The van der Waals surface area contributed by atoms with E-state index in [4.69, 9.17) is 0 Å². The van der Waals surface area contributed by atoms with E-state index in [2.05, 4.69) is 10.4 Å². The van der Waals surface area contributed by atoms with E-state index in [9.17, 15) is 13.2 Å². The molecule has 1 aromatic heterocycles. The number of sulfone groups is 1. The number of amides is 1. The van der Waals surface area contributed by atoms with Gasteiger partial charge < -0.3 is 5.32 Å². The fraction of sp³-hybridized carbons (Fsp3) is 0.200. The molecule has 2 aromatic carbocycles. The molecule has 27 heavy (non-hydrogen) atoms. The highest BCUT2D eigenvalue weighted by atomic mass is 32.2. The molecule has 0 bridgehead atoms. The first-order chi connectivity index (χ1) is 12.7. The number of rotatable bonds is 5. The highest BCUT2D eigenvalue weighted by Gasteiger charge is 2.11. The van der Waals surface area contributed by atoms with Crippen molar-refractivity contribution in [3.8, 4) is 11.1 Å². The molecule has 1 heterocycles. The van der Waals surface area contributed by atoms with E-state index in [0.717, 1.165) is 11.1 Å². The lowest BCUT2D eigenvalue weighted by molar-refractivity contribution is 0.102. The van der Waals surface area contributed by atoms with Crippen LogP contribution in [-0.4, -0.2) is 30.4 Å². The number of anilines is 1. The fourth-order valence-corrected chi connectivity index (χ4v) is 3.25. The molecule has 0 aliphatic carbocycles. The maximum Gasteiger partial charge on any atom is 0.255 e. The van der Waals surface area contributed by atoms with Crippen molar-refractivity contribution in [3.05, 3.63) is 66.5 Å². The van der Waals surface area contributed by atoms with Gasteiger partial charge in [-0.05, 0) is 49.2 Å². The van der Waals surface area contributed by atoms with Gasteiger partial charge in [-0.1, -0.05) is 24.3 Å². The van der Waals surface area contributed by atoms with E-state index in [1.165, 1.54) is 6.26 Å². The molecule has 3 aromatic rings. The Hall–Kier alpha value is -2.93. The summed E-state index contributed by atoms with van der Waals surface area (Å²) in [6.45, 7) is 4.02. The number of aromatic nitrogens is 2. The van der Waals surface area contributed by atoms with Gasteiger partial charge in [-0.3, -0.25) is 9.48 Å². The van der Waals surface area contributed by atoms with Gasteiger partial charge in [0.05, 0.1) is 16.8 Å². The van der Waals surface area contributed by atoms with Crippen LogP contribution in [0.4, 0.5) is 5.69 Å². The lowest BCUT2D eigenvalue weighted by Crippen LogP contribution is -2.11. The van der Waals surface area contributed by atoms with Crippen LogP contribution in [0.3, 0.4) is 0 Å². The number of nitrogens with zero attached hydrogens (tertiary/aromatic N) is 2. The zero-order chi connectivity index (χ0) is 19.6. The van der Waals surface area contributed by atoms with Crippen molar-refractivity contribution in [3.63, 3.8) is 0 Å². The summed E-state index contributed by atoms with van der Waals surface area (Å²) in [5.74, 6) is -0.229. The van der Waals surface area contributed by atoms with E-state index < -0.39 is 9.84 Å². The van der Waals surface area contributed by atoms with Gasteiger partial charge in [0, 0.05) is 24.1 Å². The molecule has 0 spiro atoms. The highest BCUT2D eigenvalue weighted by Crippen LogP contribution is 2.23. The number of benzene rings is 2. The molecular formula is C20H21N3O3S. The summed E-state index contributed by atoms with van der Waals surface area (Å²) >= 11 is 0. The minimum absolute atomic E-state index is 0.217. The Balaban J connectivity index is 1.81. The van der Waals surface area contributed by atoms with E-state index >= 15 is 0 Å². The maximum atomic E-state index is 12.5. The summed E-state index contributed by atoms with van der Waals surface area (Å²) in [5, 5.41) is 7.05. The summed E-state index contributed by atoms with van der Waals surface area (Å²) in [6.07, 6.45) is 4.58. The van der Waals surface area contributed by atoms with Crippen molar-refractivity contribution >= 4 is 21.4 Å². The van der Waals surface area contributed by atoms with Crippen LogP contribution >= 0.6 is 0 Å². The fourth-order valence-electron chi connectivity index (χ4n) is 2.62. The van der Waals surface area contributed by atoms with Gasteiger partial charge in [0.15, 0.2) is 9.84 Å². The Bertz CT molecular complexity index is 1070. The largest absolute Gasteiger partial charge is 0.319 e. The molecule has 1 amide bonds. The summed E-state index contributed by atoms with van der Waals surface area (Å²) < 4.78 is 24.9. The Morgan fingerprint density at radius 3 is 2.37 bits per heavy atom. The van der Waals surface area contributed by atoms with Gasteiger partial charge in [0.2, 0.25) is 0 Å². The Labute approximate surface area is 158 Å². The number of nitrogens with one attached hydrogen (secondary N) is 1. The molecule has 6 nitrogen and oxygen atoms in total. The van der Waals surface area contributed by atoms with Crippen LogP contribution in [0.25, 0.3) is 11.1 Å². The first kappa shape index (κ1) is 18.8. The molecule has 0 atom stereocenters. The molecule has 0 saturated carbocycles. The van der Waals surface area contributed by atoms with Crippen LogP contribution in [0, 0.1) is 0 Å². The zero-order valence-corrected chi connectivity index (χ0v) is 16.2. The second-order valence-electron chi connectivity index (χ2n) is 6.63. The SMILES string of the molecule is CC(C)n1cc(NC(=O)c2cccc(-c3ccc(S(C)(=O)=O)cc3)c2)cn1. The minimum Gasteiger partial charge on any atom is -0.319 e. The summed E-state index contributed by atoms with van der Waals surface area (Å²) in [4.78, 5) is 12.8. The number of carbonyl (C=O) groups excluding carboxylic acids is 1. The van der Waals surface area contributed by atoms with Crippen LogP contribution in [0.15, 0.2) is 65.8 Å². The van der Waals surface area contributed by atoms with Crippen molar-refractivity contribution in [2.45, 2.75) is 24.8 Å². The van der Waals surface area contributed by atoms with Crippen LogP contribution < -0.4 is 5.32 Å². The average molecular weight is 383 g/mol. The van der Waals surface area contributed by atoms with E-state index in [-0.39, 0.29) is 16.8 Å². The van der Waals surface area contributed by atoms with Crippen LogP contribution in [-0.2, 0) is 9.84 Å². The normalized spacial score (nSPS) is 11.6. The molecule has 0 fully saturated rings. The third-order valence-electron chi connectivity index (χ3n) is 4.13. The molecule has 0 saturated heterocycles. The first-order valence-electron chi connectivity index (χ1n) is 8.50. The summed E-state index contributed by atoms with van der Waals surface area (Å²) in [5.41, 5.74) is 2.82. The minimum atomic E-state index is -3.23. The Kier molecular flexibility index (Phi) is 5.14. The van der Waals surface area contributed by atoms with E-state index in [1.54, 1.807) is 59.5 Å². The quantitative estimate of drug-likeness (QED) is 0.727. The molecule has 0 aliphatic rings. The van der Waals surface area contributed by atoms with Gasteiger partial charge in [0.25, 0.3) is 5.91 Å². The van der Waals surface area contributed by atoms with Gasteiger partial charge in [-0.15, -0.1) is 0 Å². The third kappa shape index (κ3) is 4.43. The topological polar surface area (TPSA) is 81.1 Å². The molecule has 3 rings (SSSR count).